The number of carbonyl (C=O) groups excluding carboxylic acids is 1. The van der Waals surface area contributed by atoms with Gasteiger partial charge in [-0.15, -0.1) is 5.73 Å². The van der Waals surface area contributed by atoms with Crippen molar-refractivity contribution >= 4 is 5.97 Å². The highest BCUT2D eigenvalue weighted by Gasteiger charge is 2.55. The predicted octanol–water partition coefficient (Wildman–Crippen LogP) is 3.09. The summed E-state index contributed by atoms with van der Waals surface area (Å²) in [4.78, 5) is 12.3. The second kappa shape index (κ2) is 4.03. The van der Waals surface area contributed by atoms with Crippen LogP contribution in [0.3, 0.4) is 0 Å². The van der Waals surface area contributed by atoms with E-state index in [0.717, 1.165) is 37.0 Å². The number of esters is 1. The van der Waals surface area contributed by atoms with Crippen LogP contribution in [-0.4, -0.2) is 12.6 Å². The van der Waals surface area contributed by atoms with E-state index >= 15 is 0 Å². The van der Waals surface area contributed by atoms with Crippen molar-refractivity contribution in [3.05, 3.63) is 18.4 Å². The normalized spacial score (nSPS) is 42.0. The van der Waals surface area contributed by atoms with Crippen LogP contribution in [0.4, 0.5) is 0 Å². The summed E-state index contributed by atoms with van der Waals surface area (Å²) >= 11 is 0. The van der Waals surface area contributed by atoms with Gasteiger partial charge in [0.15, 0.2) is 0 Å². The van der Waals surface area contributed by atoms with Gasteiger partial charge in [-0.2, -0.15) is 0 Å². The van der Waals surface area contributed by atoms with Crippen LogP contribution in [0.2, 0.25) is 0 Å². The van der Waals surface area contributed by atoms with Gasteiger partial charge in [-0.05, 0) is 62.4 Å². The topological polar surface area (TPSA) is 26.3 Å². The fourth-order valence-electron chi connectivity index (χ4n) is 4.69. The van der Waals surface area contributed by atoms with Gasteiger partial charge in [-0.25, -0.2) is 0 Å². The van der Waals surface area contributed by atoms with E-state index in [1.54, 1.807) is 6.08 Å². The Morgan fingerprint density at radius 1 is 1.24 bits per heavy atom. The number of hydrogen-bond acceptors (Lipinski definition) is 2. The zero-order valence-corrected chi connectivity index (χ0v) is 10.3. The largest absolute Gasteiger partial charge is 0.460 e. The first-order chi connectivity index (χ1) is 8.22. The molecular weight excluding hydrogens is 212 g/mol. The Kier molecular flexibility index (Phi) is 2.63. The first-order valence-electron chi connectivity index (χ1n) is 6.73. The van der Waals surface area contributed by atoms with Crippen LogP contribution in [0, 0.1) is 23.2 Å². The van der Waals surface area contributed by atoms with Crippen LogP contribution in [0.25, 0.3) is 0 Å². The maximum absolute atomic E-state index is 12.3. The van der Waals surface area contributed by atoms with E-state index in [0.29, 0.717) is 6.61 Å². The van der Waals surface area contributed by atoms with Crippen molar-refractivity contribution in [3.63, 3.8) is 0 Å². The second-order valence-electron chi connectivity index (χ2n) is 6.20. The molecule has 0 unspecified atom stereocenters. The van der Waals surface area contributed by atoms with Gasteiger partial charge in [0.25, 0.3) is 0 Å². The average Bonchev–Trinajstić information content (AvgIpc) is 2.27. The molecule has 92 valence electrons. The van der Waals surface area contributed by atoms with Gasteiger partial charge in [-0.1, -0.05) is 6.58 Å². The van der Waals surface area contributed by atoms with Gasteiger partial charge in [0.2, 0.25) is 0 Å². The Hall–Kier alpha value is -1.01. The molecule has 0 spiro atoms. The number of hydrogen-bond donors (Lipinski definition) is 0. The lowest BCUT2D eigenvalue weighted by Gasteiger charge is -2.55. The van der Waals surface area contributed by atoms with E-state index in [-0.39, 0.29) is 11.4 Å². The van der Waals surface area contributed by atoms with E-state index < -0.39 is 0 Å². The van der Waals surface area contributed by atoms with Crippen molar-refractivity contribution in [2.45, 2.75) is 38.5 Å². The van der Waals surface area contributed by atoms with Crippen LogP contribution >= 0.6 is 0 Å². The number of ether oxygens (including phenoxy) is 1. The fourth-order valence-corrected chi connectivity index (χ4v) is 4.69. The predicted molar refractivity (Wildman–Crippen MR) is 65.3 cm³/mol. The van der Waals surface area contributed by atoms with E-state index in [1.165, 1.54) is 19.3 Å². The molecule has 4 fully saturated rings. The molecule has 0 N–H and O–H groups in total. The third kappa shape index (κ3) is 1.85. The third-order valence-corrected chi connectivity index (χ3v) is 4.91. The van der Waals surface area contributed by atoms with Crippen molar-refractivity contribution in [1.29, 1.82) is 0 Å². The lowest BCUT2D eigenvalue weighted by molar-refractivity contribution is -0.170. The molecule has 0 saturated heterocycles. The van der Waals surface area contributed by atoms with Crippen molar-refractivity contribution in [2.24, 2.45) is 23.2 Å². The molecule has 4 aliphatic carbocycles. The zero-order chi connectivity index (χ0) is 11.9. The van der Waals surface area contributed by atoms with E-state index in [1.807, 2.05) is 0 Å². The standard InChI is InChI=1S/C15H20O2/c1-2-3-4-17-14(16)15-8-11-5-12(9-15)7-13(6-11)10-15/h3,11-13H,1,4-10H2. The highest BCUT2D eigenvalue weighted by molar-refractivity contribution is 5.77. The second-order valence-corrected chi connectivity index (χ2v) is 6.20. The van der Waals surface area contributed by atoms with E-state index in [9.17, 15) is 4.79 Å². The van der Waals surface area contributed by atoms with Gasteiger partial charge in [0.05, 0.1) is 5.41 Å². The summed E-state index contributed by atoms with van der Waals surface area (Å²) in [5.41, 5.74) is 2.52. The molecule has 4 saturated carbocycles. The molecular formula is C15H20O2. The van der Waals surface area contributed by atoms with Gasteiger partial charge < -0.3 is 4.74 Å². The Morgan fingerprint density at radius 2 is 1.76 bits per heavy atom. The minimum atomic E-state index is -0.121. The number of carbonyl (C=O) groups is 1. The summed E-state index contributed by atoms with van der Waals surface area (Å²) in [6, 6.07) is 0. The van der Waals surface area contributed by atoms with E-state index in [2.05, 4.69) is 12.3 Å². The molecule has 17 heavy (non-hydrogen) atoms. The van der Waals surface area contributed by atoms with Crippen molar-refractivity contribution in [2.75, 3.05) is 6.61 Å². The molecule has 0 radical (unpaired) electrons. The van der Waals surface area contributed by atoms with Gasteiger partial charge in [0.1, 0.15) is 6.61 Å². The Morgan fingerprint density at radius 3 is 2.24 bits per heavy atom. The summed E-state index contributed by atoms with van der Waals surface area (Å²) in [5, 5.41) is 0. The van der Waals surface area contributed by atoms with Crippen LogP contribution < -0.4 is 0 Å². The summed E-state index contributed by atoms with van der Waals surface area (Å²) in [7, 11) is 0. The van der Waals surface area contributed by atoms with Gasteiger partial charge in [-0.3, -0.25) is 4.79 Å². The third-order valence-electron chi connectivity index (χ3n) is 4.91. The first-order valence-corrected chi connectivity index (χ1v) is 6.73. The molecule has 4 bridgehead atoms. The smallest absolute Gasteiger partial charge is 0.312 e. The highest BCUT2D eigenvalue weighted by atomic mass is 16.5. The van der Waals surface area contributed by atoms with Crippen LogP contribution in [-0.2, 0) is 9.53 Å². The molecule has 0 aromatic carbocycles. The Bertz CT molecular complexity index is 341. The zero-order valence-electron chi connectivity index (χ0n) is 10.3. The summed E-state index contributed by atoms with van der Waals surface area (Å²) in [5.74, 6) is 2.43. The molecule has 0 aliphatic heterocycles. The van der Waals surface area contributed by atoms with Crippen molar-refractivity contribution < 1.29 is 9.53 Å². The lowest BCUT2D eigenvalue weighted by atomic mass is 9.49. The summed E-state index contributed by atoms with van der Waals surface area (Å²) in [6.07, 6.45) is 9.00. The van der Waals surface area contributed by atoms with Crippen molar-refractivity contribution in [3.8, 4) is 0 Å². The molecule has 0 aromatic heterocycles. The SMILES string of the molecule is C=C=CCOC(=O)C12CC3CC(CC(C3)C1)C2. The molecule has 0 heterocycles. The molecule has 2 nitrogen and oxygen atoms in total. The van der Waals surface area contributed by atoms with Crippen LogP contribution in [0.15, 0.2) is 18.4 Å². The van der Waals surface area contributed by atoms with E-state index in [4.69, 9.17) is 4.74 Å². The van der Waals surface area contributed by atoms with Crippen LogP contribution in [0.5, 0.6) is 0 Å². The maximum atomic E-state index is 12.3. The molecule has 0 aromatic rings. The minimum absolute atomic E-state index is 0.0445. The maximum Gasteiger partial charge on any atom is 0.312 e. The highest BCUT2D eigenvalue weighted by Crippen LogP contribution is 2.60. The average molecular weight is 232 g/mol. The molecule has 2 heteroatoms. The fraction of sp³-hybridized carbons (Fsp3) is 0.733. The molecule has 4 aliphatic rings. The van der Waals surface area contributed by atoms with Gasteiger partial charge in [0, 0.05) is 0 Å². The molecule has 0 amide bonds. The summed E-state index contributed by atoms with van der Waals surface area (Å²) in [6.45, 7) is 3.82. The first kappa shape index (κ1) is 11.1. The molecule has 0 atom stereocenters. The quantitative estimate of drug-likeness (QED) is 0.552. The Labute approximate surface area is 103 Å². The number of rotatable bonds is 3. The minimum Gasteiger partial charge on any atom is -0.460 e. The van der Waals surface area contributed by atoms with Gasteiger partial charge >= 0.3 is 5.97 Å². The molecule has 4 rings (SSSR count). The van der Waals surface area contributed by atoms with Crippen molar-refractivity contribution in [1.82, 2.24) is 0 Å². The Balaban J connectivity index is 1.73. The monoisotopic (exact) mass is 232 g/mol. The van der Waals surface area contributed by atoms with Crippen LogP contribution in [0.1, 0.15) is 38.5 Å². The lowest BCUT2D eigenvalue weighted by Crippen LogP contribution is -2.50. The summed E-state index contributed by atoms with van der Waals surface area (Å²) < 4.78 is 5.37.